The molecule has 0 fully saturated rings. The lowest BCUT2D eigenvalue weighted by molar-refractivity contribution is 0.0994. The highest BCUT2D eigenvalue weighted by Gasteiger charge is 2.25. The SMILES string of the molecule is OC(c1ccc(F)cc1)C1CCc2ccccc2C1. The number of hydrogen-bond donors (Lipinski definition) is 1. The van der Waals surface area contributed by atoms with Crippen molar-refractivity contribution in [2.75, 3.05) is 0 Å². The lowest BCUT2D eigenvalue weighted by atomic mass is 9.79. The van der Waals surface area contributed by atoms with Crippen LogP contribution in [0.5, 0.6) is 0 Å². The Balaban J connectivity index is 1.79. The van der Waals surface area contributed by atoms with Gasteiger partial charge in [0.25, 0.3) is 0 Å². The number of fused-ring (bicyclic) bond motifs is 1. The highest BCUT2D eigenvalue weighted by atomic mass is 19.1. The van der Waals surface area contributed by atoms with Crippen LogP contribution < -0.4 is 0 Å². The van der Waals surface area contributed by atoms with Crippen LogP contribution in [0.2, 0.25) is 0 Å². The van der Waals surface area contributed by atoms with Crippen molar-refractivity contribution in [3.8, 4) is 0 Å². The fourth-order valence-electron chi connectivity index (χ4n) is 2.93. The molecule has 2 aromatic rings. The van der Waals surface area contributed by atoms with Gasteiger partial charge in [-0.15, -0.1) is 0 Å². The molecule has 0 aromatic heterocycles. The number of aryl methyl sites for hydroxylation is 1. The number of rotatable bonds is 2. The standard InChI is InChI=1S/C17H17FO/c18-16-9-7-13(8-10-16)17(19)15-6-5-12-3-1-2-4-14(12)11-15/h1-4,7-10,15,17,19H,5-6,11H2. The van der Waals surface area contributed by atoms with Crippen molar-refractivity contribution in [3.05, 3.63) is 71.0 Å². The third-order valence-electron chi connectivity index (χ3n) is 4.04. The zero-order valence-corrected chi connectivity index (χ0v) is 10.7. The molecule has 0 bridgehead atoms. The molecule has 0 aliphatic heterocycles. The van der Waals surface area contributed by atoms with Gasteiger partial charge in [-0.2, -0.15) is 0 Å². The molecule has 3 rings (SSSR count). The van der Waals surface area contributed by atoms with Crippen molar-refractivity contribution in [3.63, 3.8) is 0 Å². The van der Waals surface area contributed by atoms with Gasteiger partial charge in [0.1, 0.15) is 5.82 Å². The van der Waals surface area contributed by atoms with Crippen LogP contribution in [0.1, 0.15) is 29.2 Å². The Labute approximate surface area is 112 Å². The maximum Gasteiger partial charge on any atom is 0.123 e. The van der Waals surface area contributed by atoms with E-state index >= 15 is 0 Å². The molecular formula is C17H17FO. The van der Waals surface area contributed by atoms with Gasteiger partial charge in [0, 0.05) is 0 Å². The van der Waals surface area contributed by atoms with Crippen LogP contribution in [0.25, 0.3) is 0 Å². The van der Waals surface area contributed by atoms with E-state index in [9.17, 15) is 9.50 Å². The zero-order valence-electron chi connectivity index (χ0n) is 10.7. The van der Waals surface area contributed by atoms with Crippen LogP contribution in [0.3, 0.4) is 0 Å². The summed E-state index contributed by atoms with van der Waals surface area (Å²) in [7, 11) is 0. The van der Waals surface area contributed by atoms with Crippen molar-refractivity contribution >= 4 is 0 Å². The highest BCUT2D eigenvalue weighted by molar-refractivity contribution is 5.31. The molecule has 98 valence electrons. The van der Waals surface area contributed by atoms with Crippen molar-refractivity contribution in [1.29, 1.82) is 0 Å². The van der Waals surface area contributed by atoms with Gasteiger partial charge in [0.05, 0.1) is 6.10 Å². The maximum absolute atomic E-state index is 12.9. The van der Waals surface area contributed by atoms with Crippen molar-refractivity contribution < 1.29 is 9.50 Å². The minimum Gasteiger partial charge on any atom is -0.388 e. The summed E-state index contributed by atoms with van der Waals surface area (Å²) in [5.74, 6) is -0.0368. The number of halogens is 1. The summed E-state index contributed by atoms with van der Waals surface area (Å²) in [6, 6.07) is 14.6. The normalized spacial score (nSPS) is 19.8. The van der Waals surface area contributed by atoms with E-state index in [-0.39, 0.29) is 11.7 Å². The molecule has 1 N–H and O–H groups in total. The zero-order chi connectivity index (χ0) is 13.2. The van der Waals surface area contributed by atoms with Gasteiger partial charge in [-0.25, -0.2) is 4.39 Å². The first-order chi connectivity index (χ1) is 9.24. The van der Waals surface area contributed by atoms with Crippen molar-refractivity contribution in [1.82, 2.24) is 0 Å². The Morgan fingerprint density at radius 1 is 1.00 bits per heavy atom. The van der Waals surface area contributed by atoms with E-state index in [2.05, 4.69) is 18.2 Å². The van der Waals surface area contributed by atoms with Gasteiger partial charge in [-0.3, -0.25) is 0 Å². The number of aliphatic hydroxyl groups is 1. The lowest BCUT2D eigenvalue weighted by Crippen LogP contribution is -2.21. The van der Waals surface area contributed by atoms with E-state index < -0.39 is 6.10 Å². The van der Waals surface area contributed by atoms with Crippen LogP contribution in [0.4, 0.5) is 4.39 Å². The average Bonchev–Trinajstić information content (AvgIpc) is 2.47. The summed E-state index contributed by atoms with van der Waals surface area (Å²) in [5.41, 5.74) is 3.54. The largest absolute Gasteiger partial charge is 0.388 e. The second-order valence-electron chi connectivity index (χ2n) is 5.27. The molecule has 0 saturated heterocycles. The maximum atomic E-state index is 12.9. The van der Waals surface area contributed by atoms with Gasteiger partial charge < -0.3 is 5.11 Å². The number of benzene rings is 2. The second kappa shape index (κ2) is 5.14. The Morgan fingerprint density at radius 2 is 1.68 bits per heavy atom. The lowest BCUT2D eigenvalue weighted by Gasteiger charge is -2.28. The van der Waals surface area contributed by atoms with Crippen LogP contribution in [-0.2, 0) is 12.8 Å². The molecule has 0 amide bonds. The van der Waals surface area contributed by atoms with Crippen molar-refractivity contribution in [2.45, 2.75) is 25.4 Å². The van der Waals surface area contributed by atoms with Crippen LogP contribution in [0.15, 0.2) is 48.5 Å². The topological polar surface area (TPSA) is 20.2 Å². The Hall–Kier alpha value is -1.67. The van der Waals surface area contributed by atoms with Crippen molar-refractivity contribution in [2.24, 2.45) is 5.92 Å². The Morgan fingerprint density at radius 3 is 2.42 bits per heavy atom. The quantitative estimate of drug-likeness (QED) is 0.869. The van der Waals surface area contributed by atoms with Crippen LogP contribution >= 0.6 is 0 Å². The molecule has 1 nitrogen and oxygen atoms in total. The smallest absolute Gasteiger partial charge is 0.123 e. The van der Waals surface area contributed by atoms with Gasteiger partial charge in [-0.05, 0) is 54.0 Å². The molecule has 0 heterocycles. The first-order valence-corrected chi connectivity index (χ1v) is 6.74. The monoisotopic (exact) mass is 256 g/mol. The summed E-state index contributed by atoms with van der Waals surface area (Å²) in [4.78, 5) is 0. The Kier molecular flexibility index (Phi) is 3.34. The summed E-state index contributed by atoms with van der Waals surface area (Å²) in [6.45, 7) is 0. The molecular weight excluding hydrogens is 239 g/mol. The second-order valence-corrected chi connectivity index (χ2v) is 5.27. The molecule has 1 aliphatic rings. The fourth-order valence-corrected chi connectivity index (χ4v) is 2.93. The minimum absolute atomic E-state index is 0.223. The molecule has 2 aromatic carbocycles. The van der Waals surface area contributed by atoms with E-state index in [1.54, 1.807) is 12.1 Å². The van der Waals surface area contributed by atoms with Gasteiger partial charge in [0.15, 0.2) is 0 Å². The van der Waals surface area contributed by atoms with Gasteiger partial charge in [0.2, 0.25) is 0 Å². The molecule has 1 aliphatic carbocycles. The molecule has 0 saturated carbocycles. The van der Waals surface area contributed by atoms with Crippen LogP contribution in [-0.4, -0.2) is 5.11 Å². The molecule has 0 radical (unpaired) electrons. The first kappa shape index (κ1) is 12.4. The minimum atomic E-state index is -0.506. The third kappa shape index (κ3) is 2.54. The summed E-state index contributed by atoms with van der Waals surface area (Å²) in [5, 5.41) is 10.4. The molecule has 0 spiro atoms. The van der Waals surface area contributed by atoms with Gasteiger partial charge in [-0.1, -0.05) is 36.4 Å². The molecule has 2 unspecified atom stereocenters. The van der Waals surface area contributed by atoms with E-state index in [4.69, 9.17) is 0 Å². The predicted molar refractivity (Wildman–Crippen MR) is 73.3 cm³/mol. The average molecular weight is 256 g/mol. The Bertz CT molecular complexity index is 562. The number of hydrogen-bond acceptors (Lipinski definition) is 1. The molecule has 19 heavy (non-hydrogen) atoms. The summed E-state index contributed by atoms with van der Waals surface area (Å²) < 4.78 is 12.9. The third-order valence-corrected chi connectivity index (χ3v) is 4.04. The highest BCUT2D eigenvalue weighted by Crippen LogP contribution is 2.34. The predicted octanol–water partition coefficient (Wildman–Crippen LogP) is 3.66. The van der Waals surface area contributed by atoms with Crippen LogP contribution in [0, 0.1) is 11.7 Å². The number of aliphatic hydroxyl groups excluding tert-OH is 1. The summed E-state index contributed by atoms with van der Waals surface area (Å²) in [6.07, 6.45) is 2.39. The van der Waals surface area contributed by atoms with E-state index in [1.807, 2.05) is 6.07 Å². The molecule has 2 heteroatoms. The molecule has 2 atom stereocenters. The fraction of sp³-hybridized carbons (Fsp3) is 0.294. The first-order valence-electron chi connectivity index (χ1n) is 6.74. The van der Waals surface area contributed by atoms with E-state index in [0.29, 0.717) is 0 Å². The summed E-state index contributed by atoms with van der Waals surface area (Å²) >= 11 is 0. The van der Waals surface area contributed by atoms with Gasteiger partial charge >= 0.3 is 0 Å². The van der Waals surface area contributed by atoms with E-state index in [0.717, 1.165) is 24.8 Å². The van der Waals surface area contributed by atoms with E-state index in [1.165, 1.54) is 23.3 Å².